The van der Waals surface area contributed by atoms with E-state index in [1.165, 1.54) is 16.0 Å². The van der Waals surface area contributed by atoms with Crippen LogP contribution in [0.2, 0.25) is 0 Å². The monoisotopic (exact) mass is 302 g/mol. The fourth-order valence-electron chi connectivity index (χ4n) is 3.53. The van der Waals surface area contributed by atoms with Gasteiger partial charge < -0.3 is 15.3 Å². The van der Waals surface area contributed by atoms with E-state index < -0.39 is 6.09 Å². The molecule has 0 aromatic heterocycles. The standard InChI is InChI=1S/C17H22N2O3/c20-16(13-8-10-19(11-9-13)17(21)22)18-15-7-3-5-12-4-1-2-6-14(12)15/h1-2,4,6,13,15H,3,5,7-11H2,(H,18,20)(H,21,22). The molecule has 1 atom stereocenters. The molecule has 2 aliphatic rings. The number of rotatable bonds is 2. The van der Waals surface area contributed by atoms with Crippen molar-refractivity contribution >= 4 is 12.0 Å². The van der Waals surface area contributed by atoms with Gasteiger partial charge in [-0.2, -0.15) is 0 Å². The van der Waals surface area contributed by atoms with Gasteiger partial charge in [-0.3, -0.25) is 4.79 Å². The van der Waals surface area contributed by atoms with Gasteiger partial charge >= 0.3 is 6.09 Å². The van der Waals surface area contributed by atoms with Gasteiger partial charge in [0.15, 0.2) is 0 Å². The van der Waals surface area contributed by atoms with E-state index in [-0.39, 0.29) is 17.9 Å². The van der Waals surface area contributed by atoms with Crippen LogP contribution in [0.3, 0.4) is 0 Å². The second kappa shape index (κ2) is 6.38. The van der Waals surface area contributed by atoms with Crippen molar-refractivity contribution in [3.05, 3.63) is 35.4 Å². The summed E-state index contributed by atoms with van der Waals surface area (Å²) in [5.74, 6) is 0.0106. The minimum Gasteiger partial charge on any atom is -0.465 e. The number of carboxylic acid groups (broad SMARTS) is 1. The third-order valence-corrected chi connectivity index (χ3v) is 4.82. The third kappa shape index (κ3) is 3.08. The molecule has 118 valence electrons. The Morgan fingerprint density at radius 3 is 2.59 bits per heavy atom. The van der Waals surface area contributed by atoms with Crippen LogP contribution in [-0.2, 0) is 11.2 Å². The molecule has 1 aromatic rings. The number of carbonyl (C=O) groups excluding carboxylic acids is 1. The SMILES string of the molecule is O=C(NC1CCCc2ccccc21)C1CCN(C(=O)O)CC1. The van der Waals surface area contributed by atoms with E-state index in [9.17, 15) is 9.59 Å². The fraction of sp³-hybridized carbons (Fsp3) is 0.529. The molecule has 1 saturated heterocycles. The van der Waals surface area contributed by atoms with Crippen molar-refractivity contribution < 1.29 is 14.7 Å². The number of nitrogens with one attached hydrogen (secondary N) is 1. The number of aryl methyl sites for hydroxylation is 1. The predicted octanol–water partition coefficient (Wildman–Crippen LogP) is 2.57. The van der Waals surface area contributed by atoms with E-state index in [0.717, 1.165) is 19.3 Å². The summed E-state index contributed by atoms with van der Waals surface area (Å²) in [7, 11) is 0. The molecular weight excluding hydrogens is 280 g/mol. The Labute approximate surface area is 130 Å². The molecule has 0 spiro atoms. The first kappa shape index (κ1) is 14.9. The lowest BCUT2D eigenvalue weighted by Gasteiger charge is -2.32. The van der Waals surface area contributed by atoms with Crippen LogP contribution in [0.15, 0.2) is 24.3 Å². The number of piperidine rings is 1. The van der Waals surface area contributed by atoms with Crippen molar-refractivity contribution in [2.45, 2.75) is 38.1 Å². The van der Waals surface area contributed by atoms with Crippen LogP contribution in [0, 0.1) is 5.92 Å². The van der Waals surface area contributed by atoms with Crippen LogP contribution in [-0.4, -0.2) is 35.1 Å². The number of nitrogens with zero attached hydrogens (tertiary/aromatic N) is 1. The van der Waals surface area contributed by atoms with Crippen LogP contribution < -0.4 is 5.32 Å². The van der Waals surface area contributed by atoms with Crippen molar-refractivity contribution in [1.29, 1.82) is 0 Å². The zero-order valence-corrected chi connectivity index (χ0v) is 12.6. The molecule has 22 heavy (non-hydrogen) atoms. The Morgan fingerprint density at radius 1 is 1.14 bits per heavy atom. The molecule has 1 aliphatic carbocycles. The quantitative estimate of drug-likeness (QED) is 0.882. The highest BCUT2D eigenvalue weighted by Gasteiger charge is 2.29. The zero-order valence-electron chi connectivity index (χ0n) is 12.6. The summed E-state index contributed by atoms with van der Waals surface area (Å²) in [6, 6.07) is 8.42. The number of likely N-dealkylation sites (tertiary alicyclic amines) is 1. The Balaban J connectivity index is 1.60. The van der Waals surface area contributed by atoms with Crippen LogP contribution in [0.1, 0.15) is 42.9 Å². The maximum absolute atomic E-state index is 12.5. The highest BCUT2D eigenvalue weighted by Crippen LogP contribution is 2.30. The summed E-state index contributed by atoms with van der Waals surface area (Å²) < 4.78 is 0. The van der Waals surface area contributed by atoms with Crippen LogP contribution in [0.5, 0.6) is 0 Å². The van der Waals surface area contributed by atoms with Crippen molar-refractivity contribution in [3.8, 4) is 0 Å². The molecule has 0 bridgehead atoms. The third-order valence-electron chi connectivity index (χ3n) is 4.82. The van der Waals surface area contributed by atoms with Gasteiger partial charge in [-0.1, -0.05) is 24.3 Å². The van der Waals surface area contributed by atoms with Crippen LogP contribution >= 0.6 is 0 Å². The van der Waals surface area contributed by atoms with E-state index in [1.807, 2.05) is 12.1 Å². The topological polar surface area (TPSA) is 69.6 Å². The van der Waals surface area contributed by atoms with Gasteiger partial charge in [-0.25, -0.2) is 4.79 Å². The van der Waals surface area contributed by atoms with E-state index in [4.69, 9.17) is 5.11 Å². The minimum atomic E-state index is -0.889. The highest BCUT2D eigenvalue weighted by atomic mass is 16.4. The van der Waals surface area contributed by atoms with E-state index in [1.54, 1.807) is 0 Å². The maximum Gasteiger partial charge on any atom is 0.407 e. The van der Waals surface area contributed by atoms with Crippen molar-refractivity contribution in [3.63, 3.8) is 0 Å². The molecule has 2 amide bonds. The van der Waals surface area contributed by atoms with Crippen LogP contribution in [0.4, 0.5) is 4.79 Å². The largest absolute Gasteiger partial charge is 0.465 e. The minimum absolute atomic E-state index is 0.0651. The summed E-state index contributed by atoms with van der Waals surface area (Å²) >= 11 is 0. The molecule has 1 fully saturated rings. The average Bonchev–Trinajstić information content (AvgIpc) is 2.55. The average molecular weight is 302 g/mol. The first-order valence-corrected chi connectivity index (χ1v) is 8.01. The van der Waals surface area contributed by atoms with Gasteiger partial charge in [0.05, 0.1) is 6.04 Å². The lowest BCUT2D eigenvalue weighted by atomic mass is 9.87. The Hall–Kier alpha value is -2.04. The van der Waals surface area contributed by atoms with Gasteiger partial charge in [0.2, 0.25) is 5.91 Å². The number of carbonyl (C=O) groups is 2. The first-order chi connectivity index (χ1) is 10.6. The molecule has 2 N–H and O–H groups in total. The second-order valence-electron chi connectivity index (χ2n) is 6.20. The number of amides is 2. The summed E-state index contributed by atoms with van der Waals surface area (Å²) in [5, 5.41) is 12.1. The number of hydrogen-bond acceptors (Lipinski definition) is 2. The second-order valence-corrected chi connectivity index (χ2v) is 6.20. The number of hydrogen-bond donors (Lipinski definition) is 2. The number of fused-ring (bicyclic) bond motifs is 1. The summed E-state index contributed by atoms with van der Waals surface area (Å²) in [6.07, 6.45) is 3.51. The van der Waals surface area contributed by atoms with E-state index in [2.05, 4.69) is 17.4 Å². The van der Waals surface area contributed by atoms with Crippen LogP contribution in [0.25, 0.3) is 0 Å². The summed E-state index contributed by atoms with van der Waals surface area (Å²) in [6.45, 7) is 0.906. The smallest absolute Gasteiger partial charge is 0.407 e. The van der Waals surface area contributed by atoms with Gasteiger partial charge in [-0.15, -0.1) is 0 Å². The molecule has 1 heterocycles. The molecule has 1 unspecified atom stereocenters. The summed E-state index contributed by atoms with van der Waals surface area (Å²) in [4.78, 5) is 24.8. The Bertz CT molecular complexity index is 565. The molecule has 0 radical (unpaired) electrons. The van der Waals surface area contributed by atoms with E-state index in [0.29, 0.717) is 25.9 Å². The van der Waals surface area contributed by atoms with Crippen molar-refractivity contribution in [2.75, 3.05) is 13.1 Å². The maximum atomic E-state index is 12.5. The molecule has 3 rings (SSSR count). The number of benzene rings is 1. The van der Waals surface area contributed by atoms with Gasteiger partial charge in [0.1, 0.15) is 0 Å². The Morgan fingerprint density at radius 2 is 1.86 bits per heavy atom. The molecule has 0 saturated carbocycles. The lowest BCUT2D eigenvalue weighted by Crippen LogP contribution is -2.43. The molecule has 5 nitrogen and oxygen atoms in total. The Kier molecular flexibility index (Phi) is 4.32. The van der Waals surface area contributed by atoms with Gasteiger partial charge in [0, 0.05) is 19.0 Å². The fourth-order valence-corrected chi connectivity index (χ4v) is 3.53. The molecule has 1 aromatic carbocycles. The first-order valence-electron chi connectivity index (χ1n) is 8.01. The van der Waals surface area contributed by atoms with E-state index >= 15 is 0 Å². The van der Waals surface area contributed by atoms with Crippen molar-refractivity contribution in [2.24, 2.45) is 5.92 Å². The zero-order chi connectivity index (χ0) is 15.5. The molecule has 5 heteroatoms. The predicted molar refractivity (Wildman–Crippen MR) is 82.6 cm³/mol. The lowest BCUT2D eigenvalue weighted by molar-refractivity contribution is -0.127. The molecule has 1 aliphatic heterocycles. The van der Waals surface area contributed by atoms with Gasteiger partial charge in [-0.05, 0) is 43.2 Å². The van der Waals surface area contributed by atoms with Crippen molar-refractivity contribution in [1.82, 2.24) is 10.2 Å². The normalized spacial score (nSPS) is 22.0. The molecular formula is C17H22N2O3. The van der Waals surface area contributed by atoms with Gasteiger partial charge in [0.25, 0.3) is 0 Å². The summed E-state index contributed by atoms with van der Waals surface area (Å²) in [5.41, 5.74) is 2.57. The highest BCUT2D eigenvalue weighted by molar-refractivity contribution is 5.79.